The van der Waals surface area contributed by atoms with Crippen molar-refractivity contribution in [3.8, 4) is 0 Å². The number of aryl methyl sites for hydroxylation is 2. The summed E-state index contributed by atoms with van der Waals surface area (Å²) in [5, 5.41) is 3.08. The average Bonchev–Trinajstić information content (AvgIpc) is 2.51. The highest BCUT2D eigenvalue weighted by Gasteiger charge is 2.32. The van der Waals surface area contributed by atoms with Crippen LogP contribution in [-0.2, 0) is 0 Å². The third kappa shape index (κ3) is 6.94. The number of rotatable bonds is 5. The van der Waals surface area contributed by atoms with Crippen LogP contribution >= 0.6 is 0 Å². The molecule has 7 heteroatoms. The summed E-state index contributed by atoms with van der Waals surface area (Å²) in [6.45, 7) is 4.89. The number of piperidine rings is 1. The first-order chi connectivity index (χ1) is 11.7. The molecule has 0 atom stereocenters. The maximum absolute atomic E-state index is 12.4. The largest absolute Gasteiger partial charge is 0.401 e. The van der Waals surface area contributed by atoms with E-state index in [1.54, 1.807) is 0 Å². The zero-order valence-electron chi connectivity index (χ0n) is 14.9. The van der Waals surface area contributed by atoms with Crippen LogP contribution in [0.1, 0.15) is 30.4 Å². The van der Waals surface area contributed by atoms with E-state index >= 15 is 0 Å². The lowest BCUT2D eigenvalue weighted by Gasteiger charge is -2.32. The van der Waals surface area contributed by atoms with Gasteiger partial charge in [-0.25, -0.2) is 0 Å². The number of nitrogens with two attached hydrogens (primary N) is 1. The van der Waals surface area contributed by atoms with Gasteiger partial charge in [0.2, 0.25) is 0 Å². The molecule has 1 aliphatic heterocycles. The fraction of sp³-hybridized carbons (Fsp3) is 0.611. The van der Waals surface area contributed by atoms with Crippen molar-refractivity contribution in [2.24, 2.45) is 16.6 Å². The van der Waals surface area contributed by atoms with E-state index in [0.717, 1.165) is 24.9 Å². The Bertz CT molecular complexity index is 590. The maximum Gasteiger partial charge on any atom is 0.401 e. The van der Waals surface area contributed by atoms with Crippen LogP contribution in [0, 0.1) is 19.8 Å². The Hall–Kier alpha value is -1.76. The van der Waals surface area contributed by atoms with Gasteiger partial charge in [0.15, 0.2) is 5.96 Å². The van der Waals surface area contributed by atoms with Crippen molar-refractivity contribution in [2.45, 2.75) is 39.3 Å². The van der Waals surface area contributed by atoms with Crippen molar-refractivity contribution >= 4 is 11.6 Å². The SMILES string of the molecule is Cc1ccc(NC(N)=NCCC2CCN(CC(F)(F)F)CC2)cc1C. The number of guanidine groups is 1. The Labute approximate surface area is 147 Å². The van der Waals surface area contributed by atoms with Crippen LogP contribution in [0.25, 0.3) is 0 Å². The minimum absolute atomic E-state index is 0.373. The van der Waals surface area contributed by atoms with Gasteiger partial charge in [-0.1, -0.05) is 6.07 Å². The number of hydrogen-bond acceptors (Lipinski definition) is 2. The minimum atomic E-state index is -4.11. The normalized spacial score (nSPS) is 17.7. The number of likely N-dealkylation sites (tertiary alicyclic amines) is 1. The number of benzene rings is 1. The highest BCUT2D eigenvalue weighted by molar-refractivity contribution is 5.92. The van der Waals surface area contributed by atoms with Crippen LogP contribution in [0.15, 0.2) is 23.2 Å². The predicted molar refractivity (Wildman–Crippen MR) is 95.9 cm³/mol. The summed E-state index contributed by atoms with van der Waals surface area (Å²) in [5.41, 5.74) is 9.22. The van der Waals surface area contributed by atoms with Crippen molar-refractivity contribution in [1.29, 1.82) is 0 Å². The highest BCUT2D eigenvalue weighted by atomic mass is 19.4. The second-order valence-electron chi connectivity index (χ2n) is 6.81. The van der Waals surface area contributed by atoms with Crippen molar-refractivity contribution < 1.29 is 13.2 Å². The molecule has 3 N–H and O–H groups in total. The molecular formula is C18H27F3N4. The monoisotopic (exact) mass is 356 g/mol. The number of halogens is 3. The molecule has 0 spiro atoms. The van der Waals surface area contributed by atoms with E-state index < -0.39 is 12.7 Å². The topological polar surface area (TPSA) is 53.6 Å². The summed E-state index contributed by atoms with van der Waals surface area (Å²) in [6.07, 6.45) is -1.67. The maximum atomic E-state index is 12.4. The molecule has 0 aliphatic carbocycles. The van der Waals surface area contributed by atoms with Crippen LogP contribution in [0.5, 0.6) is 0 Å². The highest BCUT2D eigenvalue weighted by Crippen LogP contribution is 2.24. The lowest BCUT2D eigenvalue weighted by molar-refractivity contribution is -0.148. The fourth-order valence-corrected chi connectivity index (χ4v) is 3.06. The zero-order chi connectivity index (χ0) is 18.4. The summed E-state index contributed by atoms with van der Waals surface area (Å²) < 4.78 is 37.1. The van der Waals surface area contributed by atoms with Crippen molar-refractivity contribution in [1.82, 2.24) is 4.90 Å². The van der Waals surface area contributed by atoms with Gasteiger partial charge in [-0.3, -0.25) is 9.89 Å². The molecule has 0 amide bonds. The number of nitrogens with zero attached hydrogens (tertiary/aromatic N) is 2. The minimum Gasteiger partial charge on any atom is -0.370 e. The summed E-state index contributed by atoms with van der Waals surface area (Å²) in [5.74, 6) is 0.792. The van der Waals surface area contributed by atoms with Crippen LogP contribution in [0.3, 0.4) is 0 Å². The van der Waals surface area contributed by atoms with Gasteiger partial charge < -0.3 is 11.1 Å². The molecule has 0 unspecified atom stereocenters. The quantitative estimate of drug-likeness (QED) is 0.625. The number of nitrogens with one attached hydrogen (secondary N) is 1. The molecule has 0 saturated carbocycles. The number of hydrogen-bond donors (Lipinski definition) is 2. The third-order valence-electron chi connectivity index (χ3n) is 4.71. The Morgan fingerprint density at radius 2 is 1.92 bits per heavy atom. The van der Waals surface area contributed by atoms with Crippen LogP contribution < -0.4 is 11.1 Å². The second-order valence-corrected chi connectivity index (χ2v) is 6.81. The predicted octanol–water partition coefficient (Wildman–Crippen LogP) is 3.69. The van der Waals surface area contributed by atoms with Crippen LogP contribution in [0.2, 0.25) is 0 Å². The molecule has 1 heterocycles. The number of anilines is 1. The molecule has 1 aromatic rings. The molecular weight excluding hydrogens is 329 g/mol. The van der Waals surface area contributed by atoms with Gasteiger partial charge in [0.25, 0.3) is 0 Å². The smallest absolute Gasteiger partial charge is 0.370 e. The van der Waals surface area contributed by atoms with Gasteiger partial charge in [-0.15, -0.1) is 0 Å². The molecule has 2 rings (SSSR count). The molecule has 0 bridgehead atoms. The molecule has 0 radical (unpaired) electrons. The van der Waals surface area contributed by atoms with Crippen molar-refractivity contribution in [3.63, 3.8) is 0 Å². The summed E-state index contributed by atoms with van der Waals surface area (Å²) in [6, 6.07) is 6.01. The van der Waals surface area contributed by atoms with Gasteiger partial charge in [0.05, 0.1) is 6.54 Å². The Morgan fingerprint density at radius 3 is 2.52 bits per heavy atom. The number of alkyl halides is 3. The summed E-state index contributed by atoms with van der Waals surface area (Å²) >= 11 is 0. The molecule has 1 fully saturated rings. The van der Waals surface area contributed by atoms with E-state index in [2.05, 4.69) is 17.2 Å². The Kier molecular flexibility index (Phi) is 6.70. The second kappa shape index (κ2) is 8.56. The third-order valence-corrected chi connectivity index (χ3v) is 4.71. The van der Waals surface area contributed by atoms with E-state index in [4.69, 9.17) is 5.73 Å². The van der Waals surface area contributed by atoms with E-state index in [1.165, 1.54) is 16.0 Å². The number of aliphatic imine (C=N–C) groups is 1. The molecule has 0 aromatic heterocycles. The molecule has 25 heavy (non-hydrogen) atoms. The van der Waals surface area contributed by atoms with Crippen molar-refractivity contribution in [3.05, 3.63) is 29.3 Å². The van der Waals surface area contributed by atoms with Crippen LogP contribution in [-0.4, -0.2) is 43.2 Å². The van der Waals surface area contributed by atoms with E-state index in [1.807, 2.05) is 25.1 Å². The van der Waals surface area contributed by atoms with Gasteiger partial charge in [0, 0.05) is 12.2 Å². The molecule has 140 valence electrons. The Balaban J connectivity index is 1.71. The van der Waals surface area contributed by atoms with Gasteiger partial charge >= 0.3 is 6.18 Å². The lowest BCUT2D eigenvalue weighted by atomic mass is 9.93. The zero-order valence-corrected chi connectivity index (χ0v) is 14.9. The van der Waals surface area contributed by atoms with E-state index in [0.29, 0.717) is 31.5 Å². The first-order valence-electron chi connectivity index (χ1n) is 8.66. The molecule has 4 nitrogen and oxygen atoms in total. The van der Waals surface area contributed by atoms with Gasteiger partial charge in [-0.05, 0) is 75.4 Å². The summed E-state index contributed by atoms with van der Waals surface area (Å²) in [7, 11) is 0. The van der Waals surface area contributed by atoms with Gasteiger partial charge in [0.1, 0.15) is 0 Å². The van der Waals surface area contributed by atoms with Gasteiger partial charge in [-0.2, -0.15) is 13.2 Å². The molecule has 1 saturated heterocycles. The summed E-state index contributed by atoms with van der Waals surface area (Å²) in [4.78, 5) is 5.82. The first kappa shape index (κ1) is 19.6. The average molecular weight is 356 g/mol. The fourth-order valence-electron chi connectivity index (χ4n) is 3.06. The molecule has 1 aliphatic rings. The van der Waals surface area contributed by atoms with Crippen LogP contribution in [0.4, 0.5) is 18.9 Å². The van der Waals surface area contributed by atoms with Crippen molar-refractivity contribution in [2.75, 3.05) is 31.5 Å². The first-order valence-corrected chi connectivity index (χ1v) is 8.66. The molecule has 1 aromatic carbocycles. The standard InChI is InChI=1S/C18H27F3N4/c1-13-3-4-16(11-14(13)2)24-17(22)23-8-5-15-6-9-25(10-7-15)12-18(19,20)21/h3-4,11,15H,5-10,12H2,1-2H3,(H3,22,23,24). The Morgan fingerprint density at radius 1 is 1.24 bits per heavy atom. The van der Waals surface area contributed by atoms with E-state index in [-0.39, 0.29) is 0 Å². The van der Waals surface area contributed by atoms with E-state index in [9.17, 15) is 13.2 Å². The lowest BCUT2D eigenvalue weighted by Crippen LogP contribution is -2.40.